The molecule has 2 aromatic rings. The molecule has 1 fully saturated rings. The van der Waals surface area contributed by atoms with Crippen LogP contribution in [0.5, 0.6) is 0 Å². The SMILES string of the molecule is Cc1cnc(CN(C)C[C@]2(O)CCCN(CCCc3ccccc3)C2=O)[nH]1. The van der Waals surface area contributed by atoms with Crippen molar-refractivity contribution in [2.45, 2.75) is 44.8 Å². The highest BCUT2D eigenvalue weighted by atomic mass is 16.3. The van der Waals surface area contributed by atoms with E-state index >= 15 is 0 Å². The van der Waals surface area contributed by atoms with Gasteiger partial charge in [-0.25, -0.2) is 4.98 Å². The van der Waals surface area contributed by atoms with E-state index in [9.17, 15) is 9.90 Å². The summed E-state index contributed by atoms with van der Waals surface area (Å²) in [7, 11) is 1.91. The fourth-order valence-corrected chi connectivity index (χ4v) is 3.85. The largest absolute Gasteiger partial charge is 0.379 e. The van der Waals surface area contributed by atoms with Gasteiger partial charge in [-0.05, 0) is 45.2 Å². The number of aryl methyl sites for hydroxylation is 2. The number of H-pyrrole nitrogens is 1. The van der Waals surface area contributed by atoms with Gasteiger partial charge >= 0.3 is 0 Å². The molecule has 0 bridgehead atoms. The zero-order chi connectivity index (χ0) is 19.3. The quantitative estimate of drug-likeness (QED) is 0.747. The number of imidazole rings is 1. The van der Waals surface area contributed by atoms with E-state index in [4.69, 9.17) is 0 Å². The van der Waals surface area contributed by atoms with Gasteiger partial charge in [0.25, 0.3) is 5.91 Å². The molecule has 146 valence electrons. The summed E-state index contributed by atoms with van der Waals surface area (Å²) in [4.78, 5) is 24.2. The van der Waals surface area contributed by atoms with Gasteiger partial charge in [0.15, 0.2) is 5.60 Å². The molecule has 2 heterocycles. The Morgan fingerprint density at radius 2 is 2.11 bits per heavy atom. The minimum absolute atomic E-state index is 0.135. The second kappa shape index (κ2) is 8.67. The fraction of sp³-hybridized carbons (Fsp3) is 0.524. The van der Waals surface area contributed by atoms with Crippen LogP contribution in [-0.2, 0) is 17.8 Å². The fourth-order valence-electron chi connectivity index (χ4n) is 3.85. The Bertz CT molecular complexity index is 746. The standard InChI is InChI=1S/C21H30N4O2/c1-17-14-22-19(23-17)15-24(2)16-21(27)11-7-13-25(20(21)26)12-6-10-18-8-4-3-5-9-18/h3-5,8-9,14,27H,6-7,10-13,15-16H2,1-2H3,(H,22,23)/t21-/m1/s1. The molecule has 0 spiro atoms. The molecule has 0 saturated carbocycles. The molecule has 0 unspecified atom stereocenters. The lowest BCUT2D eigenvalue weighted by molar-refractivity contribution is -0.159. The van der Waals surface area contributed by atoms with Crippen molar-refractivity contribution in [3.05, 3.63) is 53.6 Å². The molecule has 1 saturated heterocycles. The average Bonchev–Trinajstić information content (AvgIpc) is 3.04. The van der Waals surface area contributed by atoms with Gasteiger partial charge in [0, 0.05) is 31.5 Å². The van der Waals surface area contributed by atoms with Gasteiger partial charge in [0.2, 0.25) is 0 Å². The van der Waals surface area contributed by atoms with Gasteiger partial charge in [0.1, 0.15) is 5.82 Å². The molecule has 3 rings (SSSR count). The molecule has 6 nitrogen and oxygen atoms in total. The molecule has 0 radical (unpaired) electrons. The topological polar surface area (TPSA) is 72.5 Å². The molecule has 1 aliphatic rings. The zero-order valence-electron chi connectivity index (χ0n) is 16.3. The number of likely N-dealkylation sites (N-methyl/N-ethyl adjacent to an activating group) is 1. The zero-order valence-corrected chi connectivity index (χ0v) is 16.3. The Kier molecular flexibility index (Phi) is 6.29. The molecule has 1 aliphatic heterocycles. The van der Waals surface area contributed by atoms with E-state index in [0.717, 1.165) is 37.3 Å². The summed E-state index contributed by atoms with van der Waals surface area (Å²) < 4.78 is 0. The van der Waals surface area contributed by atoms with Crippen LogP contribution in [-0.4, -0.2) is 63.1 Å². The maximum atomic E-state index is 12.9. The van der Waals surface area contributed by atoms with Gasteiger partial charge in [-0.3, -0.25) is 9.69 Å². The van der Waals surface area contributed by atoms with Gasteiger partial charge in [0.05, 0.1) is 6.54 Å². The average molecular weight is 370 g/mol. The number of hydrogen-bond acceptors (Lipinski definition) is 4. The lowest BCUT2D eigenvalue weighted by atomic mass is 9.91. The van der Waals surface area contributed by atoms with Crippen LogP contribution in [0.2, 0.25) is 0 Å². The Labute approximate surface area is 161 Å². The van der Waals surface area contributed by atoms with Crippen LogP contribution in [0.25, 0.3) is 0 Å². The number of amides is 1. The number of aromatic amines is 1. The highest BCUT2D eigenvalue weighted by molar-refractivity contribution is 5.86. The molecule has 1 aromatic heterocycles. The van der Waals surface area contributed by atoms with Crippen molar-refractivity contribution in [3.63, 3.8) is 0 Å². The number of likely N-dealkylation sites (tertiary alicyclic amines) is 1. The first-order valence-corrected chi connectivity index (χ1v) is 9.71. The van der Waals surface area contributed by atoms with E-state index < -0.39 is 5.60 Å². The van der Waals surface area contributed by atoms with Crippen molar-refractivity contribution < 1.29 is 9.90 Å². The number of rotatable bonds is 8. The van der Waals surface area contributed by atoms with Gasteiger partial charge < -0.3 is 15.0 Å². The first kappa shape index (κ1) is 19.6. The molecule has 0 aliphatic carbocycles. The van der Waals surface area contributed by atoms with Crippen molar-refractivity contribution >= 4 is 5.91 Å². The Morgan fingerprint density at radius 1 is 1.33 bits per heavy atom. The maximum Gasteiger partial charge on any atom is 0.255 e. The van der Waals surface area contributed by atoms with Crippen molar-refractivity contribution in [1.29, 1.82) is 0 Å². The minimum Gasteiger partial charge on any atom is -0.379 e. The summed E-state index contributed by atoms with van der Waals surface area (Å²) in [6.45, 7) is 4.29. The molecular weight excluding hydrogens is 340 g/mol. The Morgan fingerprint density at radius 3 is 2.81 bits per heavy atom. The normalized spacial score (nSPS) is 20.4. The van der Waals surface area contributed by atoms with Crippen molar-refractivity contribution in [2.75, 3.05) is 26.7 Å². The van der Waals surface area contributed by atoms with E-state index in [2.05, 4.69) is 22.1 Å². The third kappa shape index (κ3) is 5.17. The van der Waals surface area contributed by atoms with Crippen LogP contribution in [0.4, 0.5) is 0 Å². The number of benzene rings is 1. The van der Waals surface area contributed by atoms with Crippen LogP contribution in [0.1, 0.15) is 36.3 Å². The van der Waals surface area contributed by atoms with E-state index in [0.29, 0.717) is 26.1 Å². The van der Waals surface area contributed by atoms with E-state index in [1.807, 2.05) is 42.0 Å². The third-order valence-corrected chi connectivity index (χ3v) is 5.15. The first-order chi connectivity index (χ1) is 13.0. The van der Waals surface area contributed by atoms with Gasteiger partial charge in [-0.2, -0.15) is 0 Å². The van der Waals surface area contributed by atoms with Gasteiger partial charge in [-0.15, -0.1) is 0 Å². The van der Waals surface area contributed by atoms with Crippen molar-refractivity contribution in [1.82, 2.24) is 19.8 Å². The molecule has 27 heavy (non-hydrogen) atoms. The monoisotopic (exact) mass is 370 g/mol. The summed E-state index contributed by atoms with van der Waals surface area (Å²) in [5.74, 6) is 0.714. The number of carbonyl (C=O) groups is 1. The molecule has 1 aromatic carbocycles. The number of aliphatic hydroxyl groups is 1. The molecular formula is C21H30N4O2. The lowest BCUT2D eigenvalue weighted by Gasteiger charge is -2.40. The first-order valence-electron chi connectivity index (χ1n) is 9.71. The second-order valence-electron chi connectivity index (χ2n) is 7.70. The van der Waals surface area contributed by atoms with Crippen LogP contribution >= 0.6 is 0 Å². The summed E-state index contributed by atoms with van der Waals surface area (Å²) in [6.07, 6.45) is 5.00. The van der Waals surface area contributed by atoms with Crippen LogP contribution in [0.15, 0.2) is 36.5 Å². The Hall–Kier alpha value is -2.18. The lowest BCUT2D eigenvalue weighted by Crippen LogP contribution is -2.58. The minimum atomic E-state index is -1.30. The molecule has 1 amide bonds. The summed E-state index contributed by atoms with van der Waals surface area (Å²) in [5.41, 5.74) is 0.989. The number of nitrogens with zero attached hydrogens (tertiary/aromatic N) is 3. The molecule has 1 atom stereocenters. The number of nitrogens with one attached hydrogen (secondary N) is 1. The Balaban J connectivity index is 1.52. The predicted molar refractivity (Wildman–Crippen MR) is 105 cm³/mol. The molecule has 6 heteroatoms. The van der Waals surface area contributed by atoms with E-state index in [1.165, 1.54) is 5.56 Å². The van der Waals surface area contributed by atoms with E-state index in [-0.39, 0.29) is 5.91 Å². The highest BCUT2D eigenvalue weighted by Gasteiger charge is 2.42. The third-order valence-electron chi connectivity index (χ3n) is 5.15. The second-order valence-corrected chi connectivity index (χ2v) is 7.70. The number of hydrogen-bond donors (Lipinski definition) is 2. The van der Waals surface area contributed by atoms with Gasteiger partial charge in [-0.1, -0.05) is 30.3 Å². The van der Waals surface area contributed by atoms with E-state index in [1.54, 1.807) is 6.20 Å². The summed E-state index contributed by atoms with van der Waals surface area (Å²) in [5, 5.41) is 11.0. The van der Waals surface area contributed by atoms with Crippen molar-refractivity contribution in [2.24, 2.45) is 0 Å². The number of aromatic nitrogens is 2. The van der Waals surface area contributed by atoms with Crippen LogP contribution in [0, 0.1) is 6.92 Å². The van der Waals surface area contributed by atoms with Crippen LogP contribution < -0.4 is 0 Å². The maximum absolute atomic E-state index is 12.9. The molecule has 2 N–H and O–H groups in total. The number of carbonyl (C=O) groups excluding carboxylic acids is 1. The van der Waals surface area contributed by atoms with Crippen molar-refractivity contribution in [3.8, 4) is 0 Å². The predicted octanol–water partition coefficient (Wildman–Crippen LogP) is 2.14. The smallest absolute Gasteiger partial charge is 0.255 e. The highest BCUT2D eigenvalue weighted by Crippen LogP contribution is 2.24. The summed E-state index contributed by atoms with van der Waals surface area (Å²) in [6, 6.07) is 10.3. The number of piperidine rings is 1. The summed E-state index contributed by atoms with van der Waals surface area (Å²) >= 11 is 0. The van der Waals surface area contributed by atoms with Crippen LogP contribution in [0.3, 0.4) is 0 Å².